The van der Waals surface area contributed by atoms with Gasteiger partial charge in [-0.1, -0.05) is 12.8 Å². The van der Waals surface area contributed by atoms with E-state index in [0.29, 0.717) is 21.6 Å². The van der Waals surface area contributed by atoms with Gasteiger partial charge in [0, 0.05) is 5.25 Å². The van der Waals surface area contributed by atoms with Gasteiger partial charge < -0.3 is 5.32 Å². The molecule has 1 aromatic heterocycles. The van der Waals surface area contributed by atoms with Crippen LogP contribution in [-0.4, -0.2) is 16.9 Å². The van der Waals surface area contributed by atoms with Crippen LogP contribution in [0.3, 0.4) is 0 Å². The molecule has 3 nitrogen and oxygen atoms in total. The first kappa shape index (κ1) is 12.5. The minimum atomic E-state index is 0.000787. The lowest BCUT2D eigenvalue weighted by molar-refractivity contribution is -0.113. The summed E-state index contributed by atoms with van der Waals surface area (Å²) in [6.45, 7) is 0. The largest absolute Gasteiger partial charge is 0.316 e. The molecule has 1 aromatic rings. The molecule has 1 amide bonds. The van der Waals surface area contributed by atoms with Crippen molar-refractivity contribution in [3.63, 3.8) is 0 Å². The molecule has 0 radical (unpaired) electrons. The number of thiophene rings is 1. The van der Waals surface area contributed by atoms with E-state index in [1.165, 1.54) is 37.0 Å². The molecule has 90 valence electrons. The van der Waals surface area contributed by atoms with Gasteiger partial charge in [-0.15, -0.1) is 23.1 Å². The highest BCUT2D eigenvalue weighted by Crippen LogP contribution is 2.29. The van der Waals surface area contributed by atoms with E-state index in [1.807, 2.05) is 5.38 Å². The Labute approximate surface area is 109 Å². The maximum Gasteiger partial charge on any atom is 0.235 e. The summed E-state index contributed by atoms with van der Waals surface area (Å²) in [6.07, 6.45) is 5.06. The van der Waals surface area contributed by atoms with Gasteiger partial charge in [0.1, 0.15) is 11.1 Å². The topological polar surface area (TPSA) is 52.9 Å². The van der Waals surface area contributed by atoms with E-state index >= 15 is 0 Å². The second kappa shape index (κ2) is 6.08. The summed E-state index contributed by atoms with van der Waals surface area (Å²) < 4.78 is 0. The zero-order valence-electron chi connectivity index (χ0n) is 9.44. The predicted octanol–water partition coefficient (Wildman–Crippen LogP) is 3.23. The number of nitrogens with one attached hydrogen (secondary N) is 1. The number of nitriles is 1. The van der Waals surface area contributed by atoms with Crippen LogP contribution in [-0.2, 0) is 4.79 Å². The summed E-state index contributed by atoms with van der Waals surface area (Å²) in [6, 6.07) is 3.79. The maximum atomic E-state index is 11.7. The fraction of sp³-hybridized carbons (Fsp3) is 0.500. The monoisotopic (exact) mass is 266 g/mol. The highest BCUT2D eigenvalue weighted by atomic mass is 32.2. The average Bonchev–Trinajstić information content (AvgIpc) is 2.97. The Kier molecular flexibility index (Phi) is 4.46. The van der Waals surface area contributed by atoms with E-state index in [-0.39, 0.29) is 5.91 Å². The van der Waals surface area contributed by atoms with Crippen LogP contribution in [0.1, 0.15) is 31.2 Å². The SMILES string of the molecule is N#Cc1ccsc1NC(=O)CSC1CCCC1. The third-order valence-electron chi connectivity index (χ3n) is 2.79. The summed E-state index contributed by atoms with van der Waals surface area (Å²) in [4.78, 5) is 11.7. The van der Waals surface area contributed by atoms with E-state index in [2.05, 4.69) is 11.4 Å². The van der Waals surface area contributed by atoms with E-state index in [1.54, 1.807) is 17.8 Å². The normalized spacial score (nSPS) is 15.7. The molecule has 2 rings (SSSR count). The number of hydrogen-bond donors (Lipinski definition) is 1. The minimum absolute atomic E-state index is 0.000787. The molecule has 0 bridgehead atoms. The molecular weight excluding hydrogens is 252 g/mol. The average molecular weight is 266 g/mol. The molecule has 0 aliphatic heterocycles. The maximum absolute atomic E-state index is 11.7. The fourth-order valence-corrected chi connectivity index (χ4v) is 3.78. The minimum Gasteiger partial charge on any atom is -0.316 e. The lowest BCUT2D eigenvalue weighted by Gasteiger charge is -2.08. The van der Waals surface area contributed by atoms with Crippen LogP contribution in [0.15, 0.2) is 11.4 Å². The highest BCUT2D eigenvalue weighted by Gasteiger charge is 2.17. The number of nitrogens with zero attached hydrogens (tertiary/aromatic N) is 1. The summed E-state index contributed by atoms with van der Waals surface area (Å²) in [5.41, 5.74) is 0.550. The molecular formula is C12H14N2OS2. The molecule has 5 heteroatoms. The van der Waals surface area contributed by atoms with Gasteiger partial charge >= 0.3 is 0 Å². The number of thioether (sulfide) groups is 1. The van der Waals surface area contributed by atoms with Crippen molar-refractivity contribution in [3.05, 3.63) is 17.0 Å². The first-order chi connectivity index (χ1) is 8.29. The van der Waals surface area contributed by atoms with Gasteiger partial charge in [0.25, 0.3) is 0 Å². The lowest BCUT2D eigenvalue weighted by atomic mass is 10.3. The molecule has 1 heterocycles. The molecule has 0 atom stereocenters. The second-order valence-electron chi connectivity index (χ2n) is 4.04. The van der Waals surface area contributed by atoms with Crippen molar-refractivity contribution in [1.29, 1.82) is 5.26 Å². The van der Waals surface area contributed by atoms with Crippen molar-refractivity contribution in [3.8, 4) is 6.07 Å². The Morgan fingerprint density at radius 3 is 3.06 bits per heavy atom. The first-order valence-electron chi connectivity index (χ1n) is 5.68. The Balaban J connectivity index is 1.79. The Morgan fingerprint density at radius 1 is 1.59 bits per heavy atom. The van der Waals surface area contributed by atoms with Crippen LogP contribution >= 0.6 is 23.1 Å². The molecule has 1 aliphatic rings. The summed E-state index contributed by atoms with van der Waals surface area (Å²) >= 11 is 3.13. The predicted molar refractivity (Wildman–Crippen MR) is 72.4 cm³/mol. The summed E-state index contributed by atoms with van der Waals surface area (Å²) in [7, 11) is 0. The zero-order valence-corrected chi connectivity index (χ0v) is 11.1. The number of amides is 1. The summed E-state index contributed by atoms with van der Waals surface area (Å²) in [5.74, 6) is 0.494. The molecule has 1 saturated carbocycles. The Bertz CT molecular complexity index is 430. The van der Waals surface area contributed by atoms with E-state index in [9.17, 15) is 4.79 Å². The Morgan fingerprint density at radius 2 is 2.35 bits per heavy atom. The van der Waals surface area contributed by atoms with Crippen molar-refractivity contribution in [1.82, 2.24) is 0 Å². The van der Waals surface area contributed by atoms with Crippen molar-refractivity contribution in [2.45, 2.75) is 30.9 Å². The molecule has 0 saturated heterocycles. The summed E-state index contributed by atoms with van der Waals surface area (Å²) in [5, 5.41) is 14.8. The molecule has 17 heavy (non-hydrogen) atoms. The quantitative estimate of drug-likeness (QED) is 0.910. The van der Waals surface area contributed by atoms with Gasteiger partial charge in [0.15, 0.2) is 0 Å². The van der Waals surface area contributed by atoms with Crippen molar-refractivity contribution in [2.75, 3.05) is 11.1 Å². The molecule has 0 aromatic carbocycles. The molecule has 1 N–H and O–H groups in total. The van der Waals surface area contributed by atoms with Crippen LogP contribution in [0.25, 0.3) is 0 Å². The number of carbonyl (C=O) groups excluding carboxylic acids is 1. The van der Waals surface area contributed by atoms with Gasteiger partial charge in [-0.2, -0.15) is 5.26 Å². The van der Waals surface area contributed by atoms with Crippen molar-refractivity contribution in [2.24, 2.45) is 0 Å². The number of carbonyl (C=O) groups is 1. The zero-order chi connectivity index (χ0) is 12.1. The number of rotatable bonds is 4. The van der Waals surface area contributed by atoms with E-state index in [0.717, 1.165) is 0 Å². The van der Waals surface area contributed by atoms with Crippen LogP contribution < -0.4 is 5.32 Å². The lowest BCUT2D eigenvalue weighted by Crippen LogP contribution is -2.15. The number of anilines is 1. The first-order valence-corrected chi connectivity index (χ1v) is 7.61. The second-order valence-corrected chi connectivity index (χ2v) is 6.25. The third kappa shape index (κ3) is 3.48. The van der Waals surface area contributed by atoms with Crippen LogP contribution in [0.4, 0.5) is 5.00 Å². The van der Waals surface area contributed by atoms with Crippen molar-refractivity contribution < 1.29 is 4.79 Å². The fourth-order valence-electron chi connectivity index (χ4n) is 1.91. The van der Waals surface area contributed by atoms with Gasteiger partial charge in [0.05, 0.1) is 11.3 Å². The Hall–Kier alpha value is -0.990. The van der Waals surface area contributed by atoms with Gasteiger partial charge in [-0.05, 0) is 24.3 Å². The molecule has 0 unspecified atom stereocenters. The van der Waals surface area contributed by atoms with Gasteiger partial charge in [-0.3, -0.25) is 4.79 Å². The smallest absolute Gasteiger partial charge is 0.235 e. The van der Waals surface area contributed by atoms with E-state index in [4.69, 9.17) is 5.26 Å². The highest BCUT2D eigenvalue weighted by molar-refractivity contribution is 8.00. The van der Waals surface area contributed by atoms with Crippen molar-refractivity contribution >= 4 is 34.0 Å². The molecule has 1 fully saturated rings. The molecule has 1 aliphatic carbocycles. The van der Waals surface area contributed by atoms with Gasteiger partial charge in [-0.25, -0.2) is 0 Å². The molecule has 0 spiro atoms. The van der Waals surface area contributed by atoms with Crippen LogP contribution in [0.5, 0.6) is 0 Å². The van der Waals surface area contributed by atoms with Gasteiger partial charge in [0.2, 0.25) is 5.91 Å². The van der Waals surface area contributed by atoms with Crippen LogP contribution in [0.2, 0.25) is 0 Å². The third-order valence-corrected chi connectivity index (χ3v) is 4.99. The van der Waals surface area contributed by atoms with E-state index < -0.39 is 0 Å². The number of hydrogen-bond acceptors (Lipinski definition) is 4. The van der Waals surface area contributed by atoms with Crippen LogP contribution in [0, 0.1) is 11.3 Å². The standard InChI is InChI=1S/C12H14N2OS2/c13-7-9-5-6-16-12(9)14-11(15)8-17-10-3-1-2-4-10/h5-6,10H,1-4,8H2,(H,14,15).